The Balaban J connectivity index is 1.32. The van der Waals surface area contributed by atoms with Gasteiger partial charge in [-0.2, -0.15) is 0 Å². The second-order valence-electron chi connectivity index (χ2n) is 13.8. The lowest BCUT2D eigenvalue weighted by Crippen LogP contribution is -2.29. The van der Waals surface area contributed by atoms with E-state index >= 15 is 0 Å². The Hall–Kier alpha value is -6.38. The molecule has 2 nitrogen and oxygen atoms in total. The Kier molecular flexibility index (Phi) is 6.56. The average molecular weight is 654 g/mol. The number of nitrogens with zero attached hydrogens (tertiary/aromatic N) is 1. The first-order chi connectivity index (χ1) is 25.1. The number of aryl methyl sites for hydroxylation is 2. The Morgan fingerprint density at radius 3 is 1.86 bits per heavy atom. The average Bonchev–Trinajstić information content (AvgIpc) is 3.71. The summed E-state index contributed by atoms with van der Waals surface area (Å²) >= 11 is 0. The van der Waals surface area contributed by atoms with Gasteiger partial charge in [0.1, 0.15) is 5.58 Å². The number of para-hydroxylation sites is 3. The molecular formula is C49H35NO. The van der Waals surface area contributed by atoms with Crippen LogP contribution in [0.2, 0.25) is 0 Å². The van der Waals surface area contributed by atoms with Crippen molar-refractivity contribution in [3.05, 3.63) is 209 Å². The monoisotopic (exact) mass is 653 g/mol. The Morgan fingerprint density at radius 1 is 0.471 bits per heavy atom. The van der Waals surface area contributed by atoms with Crippen LogP contribution in [0.4, 0.5) is 17.1 Å². The molecule has 10 rings (SSSR count). The summed E-state index contributed by atoms with van der Waals surface area (Å²) in [5.74, 6) is 0. The predicted molar refractivity (Wildman–Crippen MR) is 213 cm³/mol. The zero-order valence-corrected chi connectivity index (χ0v) is 28.6. The largest absolute Gasteiger partial charge is 0.454 e. The quantitative estimate of drug-likeness (QED) is 0.184. The maximum absolute atomic E-state index is 6.66. The highest BCUT2D eigenvalue weighted by Gasteiger charge is 2.47. The highest BCUT2D eigenvalue weighted by molar-refractivity contribution is 6.10. The fraction of sp³-hybridized carbons (Fsp3) is 0.0612. The van der Waals surface area contributed by atoms with Crippen LogP contribution in [-0.2, 0) is 5.41 Å². The van der Waals surface area contributed by atoms with Crippen LogP contribution in [0.1, 0.15) is 33.4 Å². The summed E-state index contributed by atoms with van der Waals surface area (Å²) in [5.41, 5.74) is 14.6. The summed E-state index contributed by atoms with van der Waals surface area (Å²) < 4.78 is 6.66. The molecule has 0 atom stereocenters. The normalized spacial score (nSPS) is 13.1. The van der Waals surface area contributed by atoms with Gasteiger partial charge in [0, 0.05) is 22.1 Å². The lowest BCUT2D eigenvalue weighted by atomic mass is 9.67. The molecule has 2 heteroatoms. The van der Waals surface area contributed by atoms with E-state index in [0.29, 0.717) is 0 Å². The van der Waals surface area contributed by atoms with Crippen molar-refractivity contribution < 1.29 is 4.42 Å². The lowest BCUT2D eigenvalue weighted by molar-refractivity contribution is 0.669. The lowest BCUT2D eigenvalue weighted by Gasteiger charge is -2.35. The van der Waals surface area contributed by atoms with E-state index in [2.05, 4.69) is 189 Å². The van der Waals surface area contributed by atoms with Gasteiger partial charge in [-0.3, -0.25) is 0 Å². The number of hydrogen-bond acceptors (Lipinski definition) is 2. The minimum Gasteiger partial charge on any atom is -0.454 e. The van der Waals surface area contributed by atoms with Gasteiger partial charge < -0.3 is 9.32 Å². The predicted octanol–water partition coefficient (Wildman–Crippen LogP) is 13.2. The van der Waals surface area contributed by atoms with Crippen LogP contribution in [0.25, 0.3) is 43.8 Å². The van der Waals surface area contributed by atoms with Gasteiger partial charge in [-0.05, 0) is 94.4 Å². The third kappa shape index (κ3) is 4.36. The van der Waals surface area contributed by atoms with E-state index in [1.165, 1.54) is 55.3 Å². The van der Waals surface area contributed by atoms with Crippen LogP contribution in [0.15, 0.2) is 180 Å². The SMILES string of the molecule is Cc1ccc(C2(c3ccc(C)cc3)c3cc(N(c4ccccc4)c4cccc5c4oc4ccccc45)ccc3-c3c2ccc2ccccc32)cc1. The molecule has 1 aliphatic rings. The van der Waals surface area contributed by atoms with Gasteiger partial charge >= 0.3 is 0 Å². The van der Waals surface area contributed by atoms with Crippen molar-refractivity contribution >= 4 is 49.8 Å². The third-order valence-corrected chi connectivity index (χ3v) is 10.9. The molecule has 8 aromatic carbocycles. The standard InChI is InChI=1S/C49H35NO/c1-32-19-24-35(25-20-32)49(36-26-21-33(2)22-27-36)43-30-23-34-11-6-7-14-39(34)47(43)42-29-28-38(31-44(42)49)50(37-12-4-3-5-13-37)45-17-10-16-41-40-15-8-9-18-46(40)51-48(41)45/h3-31H,1-2H3. The van der Waals surface area contributed by atoms with E-state index in [1.807, 2.05) is 6.07 Å². The van der Waals surface area contributed by atoms with Crippen LogP contribution in [0, 0.1) is 13.8 Å². The zero-order valence-electron chi connectivity index (χ0n) is 28.6. The molecule has 1 aliphatic carbocycles. The Labute approximate surface area is 297 Å². The molecule has 0 spiro atoms. The Morgan fingerprint density at radius 2 is 1.12 bits per heavy atom. The molecule has 242 valence electrons. The molecule has 0 amide bonds. The summed E-state index contributed by atoms with van der Waals surface area (Å²) in [6.45, 7) is 4.34. The summed E-state index contributed by atoms with van der Waals surface area (Å²) in [4.78, 5) is 2.36. The summed E-state index contributed by atoms with van der Waals surface area (Å²) in [5, 5.41) is 4.75. The minimum absolute atomic E-state index is 0.542. The number of hydrogen-bond donors (Lipinski definition) is 0. The zero-order chi connectivity index (χ0) is 34.1. The van der Waals surface area contributed by atoms with Gasteiger partial charge in [0.25, 0.3) is 0 Å². The number of rotatable bonds is 5. The third-order valence-electron chi connectivity index (χ3n) is 10.9. The molecule has 0 unspecified atom stereocenters. The van der Waals surface area contributed by atoms with Gasteiger partial charge in [-0.25, -0.2) is 0 Å². The maximum Gasteiger partial charge on any atom is 0.159 e. The van der Waals surface area contributed by atoms with Crippen molar-refractivity contribution in [2.24, 2.45) is 0 Å². The van der Waals surface area contributed by atoms with Crippen LogP contribution in [-0.4, -0.2) is 0 Å². The van der Waals surface area contributed by atoms with Gasteiger partial charge in [-0.15, -0.1) is 0 Å². The van der Waals surface area contributed by atoms with Gasteiger partial charge in [0.05, 0.1) is 11.1 Å². The highest BCUT2D eigenvalue weighted by atomic mass is 16.3. The highest BCUT2D eigenvalue weighted by Crippen LogP contribution is 2.59. The Bertz CT molecular complexity index is 2710. The molecule has 0 saturated heterocycles. The smallest absolute Gasteiger partial charge is 0.159 e. The van der Waals surface area contributed by atoms with Crippen LogP contribution in [0.3, 0.4) is 0 Å². The molecule has 51 heavy (non-hydrogen) atoms. The first kappa shape index (κ1) is 29.5. The fourth-order valence-electron chi connectivity index (χ4n) is 8.53. The molecule has 0 saturated carbocycles. The second-order valence-corrected chi connectivity index (χ2v) is 13.8. The molecule has 1 aromatic heterocycles. The molecule has 0 bridgehead atoms. The van der Waals surface area contributed by atoms with Crippen molar-refractivity contribution in [3.63, 3.8) is 0 Å². The van der Waals surface area contributed by atoms with Crippen molar-refractivity contribution in [2.45, 2.75) is 19.3 Å². The van der Waals surface area contributed by atoms with Gasteiger partial charge in [0.15, 0.2) is 5.58 Å². The van der Waals surface area contributed by atoms with E-state index in [1.54, 1.807) is 0 Å². The first-order valence-corrected chi connectivity index (χ1v) is 17.7. The van der Waals surface area contributed by atoms with Crippen molar-refractivity contribution in [1.82, 2.24) is 0 Å². The molecule has 0 aliphatic heterocycles. The van der Waals surface area contributed by atoms with E-state index < -0.39 is 5.41 Å². The maximum atomic E-state index is 6.66. The van der Waals surface area contributed by atoms with Gasteiger partial charge in [0.2, 0.25) is 0 Å². The number of furan rings is 1. The van der Waals surface area contributed by atoms with E-state index in [0.717, 1.165) is 39.0 Å². The summed E-state index contributed by atoms with van der Waals surface area (Å²) in [6.07, 6.45) is 0. The second kappa shape index (κ2) is 11.3. The number of anilines is 3. The molecule has 0 fully saturated rings. The fourth-order valence-corrected chi connectivity index (χ4v) is 8.53. The van der Waals surface area contributed by atoms with Crippen molar-refractivity contribution in [2.75, 3.05) is 4.90 Å². The number of fused-ring (bicyclic) bond motifs is 8. The van der Waals surface area contributed by atoms with Crippen molar-refractivity contribution in [3.8, 4) is 11.1 Å². The van der Waals surface area contributed by atoms with Gasteiger partial charge in [-0.1, -0.05) is 151 Å². The van der Waals surface area contributed by atoms with E-state index in [-0.39, 0.29) is 0 Å². The molecule has 9 aromatic rings. The van der Waals surface area contributed by atoms with E-state index in [9.17, 15) is 0 Å². The first-order valence-electron chi connectivity index (χ1n) is 17.7. The van der Waals surface area contributed by atoms with Crippen molar-refractivity contribution in [1.29, 1.82) is 0 Å². The van der Waals surface area contributed by atoms with Crippen LogP contribution >= 0.6 is 0 Å². The summed E-state index contributed by atoms with van der Waals surface area (Å²) in [6, 6.07) is 64.4. The number of benzene rings is 8. The minimum atomic E-state index is -0.542. The molecule has 0 N–H and O–H groups in total. The van der Waals surface area contributed by atoms with Crippen LogP contribution < -0.4 is 4.90 Å². The molecule has 1 heterocycles. The summed E-state index contributed by atoms with van der Waals surface area (Å²) in [7, 11) is 0. The molecular weight excluding hydrogens is 619 g/mol. The van der Waals surface area contributed by atoms with Crippen LogP contribution in [0.5, 0.6) is 0 Å². The topological polar surface area (TPSA) is 16.4 Å². The van der Waals surface area contributed by atoms with E-state index in [4.69, 9.17) is 4.42 Å². The molecule has 0 radical (unpaired) electrons.